The van der Waals surface area contributed by atoms with Crippen LogP contribution in [0.3, 0.4) is 0 Å². The number of ketones is 2. The number of hydrogen-bond donors (Lipinski definition) is 0. The first-order valence-electron chi connectivity index (χ1n) is 9.67. The quantitative estimate of drug-likeness (QED) is 0.562. The van der Waals surface area contributed by atoms with Crippen LogP contribution in [0.25, 0.3) is 0 Å². The summed E-state index contributed by atoms with van der Waals surface area (Å²) in [6.07, 6.45) is 1.87. The largest absolute Gasteiger partial charge is 0.294 e. The third kappa shape index (κ3) is 7.13. The van der Waals surface area contributed by atoms with Crippen LogP contribution < -0.4 is 0 Å². The molecule has 0 heterocycles. The van der Waals surface area contributed by atoms with Gasteiger partial charge in [-0.3, -0.25) is 9.59 Å². The zero-order valence-corrected chi connectivity index (χ0v) is 17.6. The van der Waals surface area contributed by atoms with Crippen LogP contribution in [0.5, 0.6) is 0 Å². The second-order valence-electron chi connectivity index (χ2n) is 9.89. The molecular formula is C25H32O2. The van der Waals surface area contributed by atoms with Crippen molar-refractivity contribution >= 4 is 11.6 Å². The smallest absolute Gasteiger partial charge is 0.167 e. The van der Waals surface area contributed by atoms with E-state index in [1.807, 2.05) is 48.5 Å². The molecule has 0 amide bonds. The number of carbonyl (C=O) groups is 2. The molecule has 27 heavy (non-hydrogen) atoms. The zero-order valence-electron chi connectivity index (χ0n) is 17.6. The number of benzene rings is 2. The Balaban J connectivity index is 2.00. The molecule has 0 atom stereocenters. The van der Waals surface area contributed by atoms with Crippen LogP contribution in [-0.2, 0) is 12.8 Å². The summed E-state index contributed by atoms with van der Waals surface area (Å²) in [5.41, 5.74) is 3.85. The Hall–Kier alpha value is -2.22. The number of carbonyl (C=O) groups excluding carboxylic acids is 2. The van der Waals surface area contributed by atoms with E-state index in [1.54, 1.807) is 0 Å². The van der Waals surface area contributed by atoms with E-state index in [0.29, 0.717) is 18.4 Å². The molecule has 0 radical (unpaired) electrons. The van der Waals surface area contributed by atoms with Crippen molar-refractivity contribution in [1.29, 1.82) is 0 Å². The highest BCUT2D eigenvalue weighted by molar-refractivity contribution is 5.98. The lowest BCUT2D eigenvalue weighted by atomic mass is 9.87. The first kappa shape index (κ1) is 21.1. The van der Waals surface area contributed by atoms with E-state index < -0.39 is 0 Å². The Morgan fingerprint density at radius 2 is 1.07 bits per heavy atom. The SMILES string of the molecule is CC(C)(C)CC(=O)c1ccc(CC(=O)c2ccc(CC(C)(C)C)cc2)cc1. The summed E-state index contributed by atoms with van der Waals surface area (Å²) in [6, 6.07) is 15.4. The van der Waals surface area contributed by atoms with Gasteiger partial charge in [0.15, 0.2) is 11.6 Å². The molecule has 2 aromatic carbocycles. The van der Waals surface area contributed by atoms with Gasteiger partial charge in [0.2, 0.25) is 0 Å². The molecule has 0 unspecified atom stereocenters. The monoisotopic (exact) mass is 364 g/mol. The molecule has 2 aromatic rings. The summed E-state index contributed by atoms with van der Waals surface area (Å²) in [7, 11) is 0. The molecule has 0 aliphatic heterocycles. The fourth-order valence-corrected chi connectivity index (χ4v) is 3.10. The van der Waals surface area contributed by atoms with E-state index in [-0.39, 0.29) is 22.4 Å². The summed E-state index contributed by atoms with van der Waals surface area (Å²) >= 11 is 0. The van der Waals surface area contributed by atoms with E-state index in [4.69, 9.17) is 0 Å². The van der Waals surface area contributed by atoms with Crippen LogP contribution in [-0.4, -0.2) is 11.6 Å². The van der Waals surface area contributed by atoms with Gasteiger partial charge in [-0.05, 0) is 28.4 Å². The van der Waals surface area contributed by atoms with E-state index in [1.165, 1.54) is 5.56 Å². The molecule has 0 bridgehead atoms. The minimum absolute atomic E-state index is 0.0229. The van der Waals surface area contributed by atoms with Crippen LogP contribution in [0, 0.1) is 10.8 Å². The lowest BCUT2D eigenvalue weighted by Crippen LogP contribution is -2.13. The van der Waals surface area contributed by atoms with Crippen molar-refractivity contribution in [3.05, 3.63) is 70.8 Å². The maximum Gasteiger partial charge on any atom is 0.167 e. The normalized spacial score (nSPS) is 12.1. The first-order valence-corrected chi connectivity index (χ1v) is 9.67. The van der Waals surface area contributed by atoms with Gasteiger partial charge in [0.05, 0.1) is 0 Å². The van der Waals surface area contributed by atoms with Gasteiger partial charge < -0.3 is 0 Å². The second-order valence-corrected chi connectivity index (χ2v) is 9.89. The summed E-state index contributed by atoms with van der Waals surface area (Å²) in [4.78, 5) is 24.8. The van der Waals surface area contributed by atoms with Gasteiger partial charge in [0.1, 0.15) is 0 Å². The predicted molar refractivity (Wildman–Crippen MR) is 112 cm³/mol. The van der Waals surface area contributed by atoms with Crippen molar-refractivity contribution in [2.75, 3.05) is 0 Å². The Bertz CT molecular complexity index is 782. The van der Waals surface area contributed by atoms with Crippen LogP contribution in [0.1, 0.15) is 79.8 Å². The fourth-order valence-electron chi connectivity index (χ4n) is 3.10. The zero-order chi connectivity index (χ0) is 20.2. The lowest BCUT2D eigenvalue weighted by Gasteiger charge is -2.18. The minimum Gasteiger partial charge on any atom is -0.294 e. The second kappa shape index (κ2) is 8.21. The molecule has 0 aromatic heterocycles. The van der Waals surface area contributed by atoms with Crippen LogP contribution in [0.15, 0.2) is 48.5 Å². The highest BCUT2D eigenvalue weighted by Gasteiger charge is 2.17. The number of rotatable bonds is 6. The molecule has 0 fully saturated rings. The molecular weight excluding hydrogens is 332 g/mol. The first-order chi connectivity index (χ1) is 12.4. The van der Waals surface area contributed by atoms with Gasteiger partial charge in [0, 0.05) is 24.0 Å². The van der Waals surface area contributed by atoms with E-state index >= 15 is 0 Å². The summed E-state index contributed by atoms with van der Waals surface area (Å²) < 4.78 is 0. The highest BCUT2D eigenvalue weighted by Crippen LogP contribution is 2.23. The minimum atomic E-state index is -0.0229. The molecule has 0 spiro atoms. The van der Waals surface area contributed by atoms with E-state index in [9.17, 15) is 9.59 Å². The average molecular weight is 365 g/mol. The predicted octanol–water partition coefficient (Wildman–Crippen LogP) is 6.32. The lowest BCUT2D eigenvalue weighted by molar-refractivity contribution is 0.0939. The van der Waals surface area contributed by atoms with Crippen molar-refractivity contribution in [2.24, 2.45) is 10.8 Å². The molecule has 144 valence electrons. The Morgan fingerprint density at radius 1 is 0.630 bits per heavy atom. The summed E-state index contributed by atoms with van der Waals surface area (Å²) in [5.74, 6) is 0.251. The van der Waals surface area contributed by atoms with Gasteiger partial charge in [-0.25, -0.2) is 0 Å². The molecule has 2 rings (SSSR count). The van der Waals surface area contributed by atoms with Gasteiger partial charge >= 0.3 is 0 Å². The summed E-state index contributed by atoms with van der Waals surface area (Å²) in [5, 5.41) is 0. The fraction of sp³-hybridized carbons (Fsp3) is 0.440. The van der Waals surface area contributed by atoms with Crippen molar-refractivity contribution in [3.8, 4) is 0 Å². The van der Waals surface area contributed by atoms with Crippen LogP contribution >= 0.6 is 0 Å². The van der Waals surface area contributed by atoms with Crippen molar-refractivity contribution in [1.82, 2.24) is 0 Å². The summed E-state index contributed by atoms with van der Waals surface area (Å²) in [6.45, 7) is 12.8. The maximum atomic E-state index is 12.6. The van der Waals surface area contributed by atoms with Gasteiger partial charge in [-0.1, -0.05) is 90.1 Å². The van der Waals surface area contributed by atoms with Crippen LogP contribution in [0.4, 0.5) is 0 Å². The van der Waals surface area contributed by atoms with Crippen LogP contribution in [0.2, 0.25) is 0 Å². The Kier molecular flexibility index (Phi) is 6.41. The van der Waals surface area contributed by atoms with Gasteiger partial charge in [-0.2, -0.15) is 0 Å². The van der Waals surface area contributed by atoms with Crippen molar-refractivity contribution in [3.63, 3.8) is 0 Å². The van der Waals surface area contributed by atoms with E-state index in [0.717, 1.165) is 17.5 Å². The molecule has 0 saturated heterocycles. The van der Waals surface area contributed by atoms with Gasteiger partial charge in [-0.15, -0.1) is 0 Å². The van der Waals surface area contributed by atoms with E-state index in [2.05, 4.69) is 41.5 Å². The molecule has 2 heteroatoms. The maximum absolute atomic E-state index is 12.6. The molecule has 0 aliphatic carbocycles. The van der Waals surface area contributed by atoms with Gasteiger partial charge in [0.25, 0.3) is 0 Å². The molecule has 0 N–H and O–H groups in total. The number of Topliss-reactive ketones (excluding diaryl/α,β-unsaturated/α-hetero) is 2. The molecule has 0 saturated carbocycles. The average Bonchev–Trinajstić information content (AvgIpc) is 2.53. The molecule has 2 nitrogen and oxygen atoms in total. The molecule has 0 aliphatic rings. The Morgan fingerprint density at radius 3 is 1.52 bits per heavy atom. The highest BCUT2D eigenvalue weighted by atomic mass is 16.1. The number of hydrogen-bond acceptors (Lipinski definition) is 2. The standard InChI is InChI=1S/C25H32O2/c1-24(2,3)16-19-9-13-20(14-10-19)22(26)15-18-7-11-21(12-8-18)23(27)17-25(4,5)6/h7-14H,15-17H2,1-6H3. The third-order valence-electron chi connectivity index (χ3n) is 4.34. The third-order valence-corrected chi connectivity index (χ3v) is 4.34. The topological polar surface area (TPSA) is 34.1 Å². The van der Waals surface area contributed by atoms with Crippen molar-refractivity contribution in [2.45, 2.75) is 60.8 Å². The van der Waals surface area contributed by atoms with Crippen molar-refractivity contribution < 1.29 is 9.59 Å². The Labute approximate surface area is 164 Å².